The molecule has 1 aromatic carbocycles. The summed E-state index contributed by atoms with van der Waals surface area (Å²) in [6, 6.07) is 6.01. The quantitative estimate of drug-likeness (QED) is 0.886. The van der Waals surface area contributed by atoms with Crippen molar-refractivity contribution in [3.63, 3.8) is 0 Å². The minimum absolute atomic E-state index is 0.246. The molecule has 1 fully saturated rings. The fraction of sp³-hybridized carbons (Fsp3) is 0.364. The smallest absolute Gasteiger partial charge is 0.240 e. The molecule has 2 heterocycles. The predicted molar refractivity (Wildman–Crippen MR) is 65.7 cm³/mol. The standard InChI is InChI=1S/C11H12BrN3O/c12-7-1-2-9-10(5-7)14-15-11(9)16-8-3-4-13-6-8/h1-2,5,8,13H,3-4,6H2,(H,14,15). The van der Waals surface area contributed by atoms with Gasteiger partial charge in [0.1, 0.15) is 6.10 Å². The van der Waals surface area contributed by atoms with Gasteiger partial charge in [-0.15, -0.1) is 5.10 Å². The van der Waals surface area contributed by atoms with Crippen LogP contribution in [0.3, 0.4) is 0 Å². The van der Waals surface area contributed by atoms with Crippen LogP contribution in [-0.4, -0.2) is 29.4 Å². The number of ether oxygens (including phenoxy) is 1. The number of hydrogen-bond acceptors (Lipinski definition) is 3. The lowest BCUT2D eigenvalue weighted by Gasteiger charge is -2.09. The number of H-pyrrole nitrogens is 1. The predicted octanol–water partition coefficient (Wildman–Crippen LogP) is 2.07. The van der Waals surface area contributed by atoms with E-state index in [0.29, 0.717) is 5.88 Å². The summed E-state index contributed by atoms with van der Waals surface area (Å²) in [5.74, 6) is 0.705. The second kappa shape index (κ2) is 4.07. The summed E-state index contributed by atoms with van der Waals surface area (Å²) in [6.07, 6.45) is 1.29. The maximum Gasteiger partial charge on any atom is 0.240 e. The Morgan fingerprint density at radius 2 is 2.38 bits per heavy atom. The fourth-order valence-electron chi connectivity index (χ4n) is 1.94. The highest BCUT2D eigenvalue weighted by atomic mass is 79.9. The van der Waals surface area contributed by atoms with Crippen LogP contribution in [-0.2, 0) is 0 Å². The van der Waals surface area contributed by atoms with Gasteiger partial charge < -0.3 is 10.1 Å². The Bertz CT molecular complexity index is 505. The van der Waals surface area contributed by atoms with E-state index in [-0.39, 0.29) is 6.10 Å². The Balaban J connectivity index is 1.91. The summed E-state index contributed by atoms with van der Waals surface area (Å²) in [7, 11) is 0. The van der Waals surface area contributed by atoms with Crippen LogP contribution in [0.2, 0.25) is 0 Å². The van der Waals surface area contributed by atoms with Crippen LogP contribution in [0, 0.1) is 0 Å². The van der Waals surface area contributed by atoms with Gasteiger partial charge in [-0.1, -0.05) is 15.9 Å². The maximum absolute atomic E-state index is 5.85. The summed E-state index contributed by atoms with van der Waals surface area (Å²) in [4.78, 5) is 0. The minimum Gasteiger partial charge on any atom is -0.471 e. The molecule has 0 spiro atoms. The molecule has 1 saturated heterocycles. The lowest BCUT2D eigenvalue weighted by molar-refractivity contribution is 0.216. The third-order valence-electron chi connectivity index (χ3n) is 2.78. The Morgan fingerprint density at radius 1 is 1.44 bits per heavy atom. The zero-order chi connectivity index (χ0) is 11.0. The average Bonchev–Trinajstić information content (AvgIpc) is 2.89. The zero-order valence-electron chi connectivity index (χ0n) is 8.66. The minimum atomic E-state index is 0.246. The summed E-state index contributed by atoms with van der Waals surface area (Å²) in [5, 5.41) is 11.5. The first-order valence-electron chi connectivity index (χ1n) is 5.34. The lowest BCUT2D eigenvalue weighted by atomic mass is 10.2. The van der Waals surface area contributed by atoms with Crippen LogP contribution in [0.5, 0.6) is 5.88 Å². The molecule has 1 unspecified atom stereocenters. The zero-order valence-corrected chi connectivity index (χ0v) is 10.3. The van der Waals surface area contributed by atoms with Gasteiger partial charge in [-0.3, -0.25) is 5.10 Å². The Hall–Kier alpha value is -1.07. The molecule has 5 heteroatoms. The van der Waals surface area contributed by atoms with Gasteiger partial charge in [0.25, 0.3) is 0 Å². The number of aromatic nitrogens is 2. The van der Waals surface area contributed by atoms with E-state index in [1.165, 1.54) is 0 Å². The lowest BCUT2D eigenvalue weighted by Crippen LogP contribution is -2.19. The van der Waals surface area contributed by atoms with Gasteiger partial charge in [0, 0.05) is 11.0 Å². The molecular formula is C11H12BrN3O. The van der Waals surface area contributed by atoms with Crippen LogP contribution in [0.4, 0.5) is 0 Å². The number of benzene rings is 1. The van der Waals surface area contributed by atoms with Gasteiger partial charge in [0.05, 0.1) is 10.9 Å². The monoisotopic (exact) mass is 281 g/mol. The Morgan fingerprint density at radius 3 is 3.19 bits per heavy atom. The number of fused-ring (bicyclic) bond motifs is 1. The molecule has 1 aromatic heterocycles. The van der Waals surface area contributed by atoms with Crippen molar-refractivity contribution >= 4 is 26.8 Å². The summed E-state index contributed by atoms with van der Waals surface area (Å²) in [5.41, 5.74) is 0.996. The van der Waals surface area contributed by atoms with E-state index in [9.17, 15) is 0 Å². The first-order chi connectivity index (χ1) is 7.83. The molecule has 3 rings (SSSR count). The van der Waals surface area contributed by atoms with E-state index in [0.717, 1.165) is 34.9 Å². The first kappa shape index (κ1) is 10.1. The van der Waals surface area contributed by atoms with Gasteiger partial charge in [0.2, 0.25) is 5.88 Å². The van der Waals surface area contributed by atoms with Gasteiger partial charge in [0.15, 0.2) is 0 Å². The molecule has 0 radical (unpaired) electrons. The molecule has 4 nitrogen and oxygen atoms in total. The summed E-state index contributed by atoms with van der Waals surface area (Å²) < 4.78 is 6.89. The van der Waals surface area contributed by atoms with E-state index in [2.05, 4.69) is 31.4 Å². The molecule has 84 valence electrons. The SMILES string of the molecule is Brc1ccc2c(OC3CCNC3)n[nH]c2c1. The molecule has 2 N–H and O–H groups in total. The molecule has 0 amide bonds. The van der Waals surface area contributed by atoms with Gasteiger partial charge in [-0.2, -0.15) is 0 Å². The fourth-order valence-corrected chi connectivity index (χ4v) is 2.30. The van der Waals surface area contributed by atoms with Crippen molar-refractivity contribution < 1.29 is 4.74 Å². The molecule has 0 aliphatic carbocycles. The molecule has 1 aliphatic heterocycles. The largest absolute Gasteiger partial charge is 0.471 e. The third kappa shape index (κ3) is 1.81. The van der Waals surface area contributed by atoms with Crippen molar-refractivity contribution in [2.45, 2.75) is 12.5 Å². The van der Waals surface area contributed by atoms with Crippen molar-refractivity contribution in [3.05, 3.63) is 22.7 Å². The highest BCUT2D eigenvalue weighted by molar-refractivity contribution is 9.10. The molecule has 0 saturated carbocycles. The topological polar surface area (TPSA) is 49.9 Å². The molecule has 16 heavy (non-hydrogen) atoms. The summed E-state index contributed by atoms with van der Waals surface area (Å²) in [6.45, 7) is 1.93. The second-order valence-corrected chi connectivity index (χ2v) is 4.87. The third-order valence-corrected chi connectivity index (χ3v) is 3.28. The van der Waals surface area contributed by atoms with Crippen LogP contribution in [0.15, 0.2) is 22.7 Å². The van der Waals surface area contributed by atoms with Gasteiger partial charge >= 0.3 is 0 Å². The Kier molecular flexibility index (Phi) is 2.57. The number of nitrogens with one attached hydrogen (secondary N) is 2. The van der Waals surface area contributed by atoms with Gasteiger partial charge in [-0.25, -0.2) is 0 Å². The van der Waals surface area contributed by atoms with Crippen LogP contribution >= 0.6 is 15.9 Å². The molecule has 2 aromatic rings. The van der Waals surface area contributed by atoms with Crippen molar-refractivity contribution in [1.82, 2.24) is 15.5 Å². The van der Waals surface area contributed by atoms with Crippen LogP contribution in [0.1, 0.15) is 6.42 Å². The van der Waals surface area contributed by atoms with Crippen molar-refractivity contribution in [3.8, 4) is 5.88 Å². The van der Waals surface area contributed by atoms with E-state index >= 15 is 0 Å². The second-order valence-electron chi connectivity index (χ2n) is 3.95. The van der Waals surface area contributed by atoms with Crippen molar-refractivity contribution in [2.75, 3.05) is 13.1 Å². The van der Waals surface area contributed by atoms with E-state index in [1.807, 2.05) is 18.2 Å². The van der Waals surface area contributed by atoms with Gasteiger partial charge in [-0.05, 0) is 31.2 Å². The average molecular weight is 282 g/mol. The van der Waals surface area contributed by atoms with Crippen molar-refractivity contribution in [1.29, 1.82) is 0 Å². The van der Waals surface area contributed by atoms with Crippen LogP contribution in [0.25, 0.3) is 10.9 Å². The molecular weight excluding hydrogens is 270 g/mol. The maximum atomic E-state index is 5.85. The number of nitrogens with zero attached hydrogens (tertiary/aromatic N) is 1. The Labute approximate surface area is 101 Å². The molecule has 1 aliphatic rings. The molecule has 1 atom stereocenters. The number of aromatic amines is 1. The number of rotatable bonds is 2. The normalized spacial score (nSPS) is 20.4. The number of halogens is 1. The highest BCUT2D eigenvalue weighted by Crippen LogP contribution is 2.26. The van der Waals surface area contributed by atoms with Crippen molar-refractivity contribution in [2.24, 2.45) is 0 Å². The highest BCUT2D eigenvalue weighted by Gasteiger charge is 2.18. The molecule has 0 bridgehead atoms. The summed E-state index contributed by atoms with van der Waals surface area (Å²) >= 11 is 3.43. The van der Waals surface area contributed by atoms with Crippen LogP contribution < -0.4 is 10.1 Å². The van der Waals surface area contributed by atoms with E-state index in [4.69, 9.17) is 4.74 Å². The first-order valence-corrected chi connectivity index (χ1v) is 6.13. The number of hydrogen-bond donors (Lipinski definition) is 2. The van der Waals surface area contributed by atoms with E-state index in [1.54, 1.807) is 0 Å². The van der Waals surface area contributed by atoms with E-state index < -0.39 is 0 Å².